The Kier molecular flexibility index (Phi) is 7.25. The van der Waals surface area contributed by atoms with E-state index in [1.54, 1.807) is 0 Å². The molecule has 2 rings (SSSR count). The average molecular weight is 437 g/mol. The van der Waals surface area contributed by atoms with Crippen LogP contribution < -0.4 is 0 Å². The first kappa shape index (κ1) is 23.8. The fourth-order valence-corrected chi connectivity index (χ4v) is 2.54. The molecule has 1 saturated heterocycles. The van der Waals surface area contributed by atoms with E-state index in [4.69, 9.17) is 4.74 Å². The van der Waals surface area contributed by atoms with E-state index in [0.29, 0.717) is 5.56 Å². The number of allylic oxidation sites excluding steroid dienone is 3. The van der Waals surface area contributed by atoms with Gasteiger partial charge in [-0.05, 0) is 24.6 Å². The molecule has 1 unspecified atom stereocenters. The number of rotatable bonds is 9. The highest BCUT2D eigenvalue weighted by Gasteiger charge is 2.68. The van der Waals surface area contributed by atoms with Crippen molar-refractivity contribution in [3.8, 4) is 0 Å². The topological polar surface area (TPSA) is 34.6 Å². The third-order valence-electron chi connectivity index (χ3n) is 4.05. The normalized spacial score (nSPS) is 20.7. The van der Waals surface area contributed by atoms with Gasteiger partial charge in [0, 0.05) is 11.8 Å². The van der Waals surface area contributed by atoms with Gasteiger partial charge in [0.2, 0.25) is 0 Å². The monoisotopic (exact) mass is 437 g/mol. The van der Waals surface area contributed by atoms with E-state index < -0.39 is 53.8 Å². The van der Waals surface area contributed by atoms with Crippen molar-refractivity contribution in [3.05, 3.63) is 71.6 Å². The van der Waals surface area contributed by atoms with Crippen LogP contribution in [0.1, 0.15) is 18.2 Å². The predicted molar refractivity (Wildman–Crippen MR) is 95.9 cm³/mol. The van der Waals surface area contributed by atoms with Crippen molar-refractivity contribution in [1.29, 1.82) is 0 Å². The Morgan fingerprint density at radius 1 is 1.23 bits per heavy atom. The second kappa shape index (κ2) is 9.13. The first-order chi connectivity index (χ1) is 13.9. The highest BCUT2D eigenvalue weighted by atomic mass is 19.4. The number of pyridine rings is 1. The molecule has 0 spiro atoms. The number of hydrogen-bond donors (Lipinski definition) is 0. The Morgan fingerprint density at radius 2 is 1.90 bits per heavy atom. The number of halogens is 7. The quantitative estimate of drug-likeness (QED) is 0.211. The minimum Gasteiger partial charge on any atom is -0.368 e. The Labute approximate surface area is 168 Å². The molecule has 3 nitrogen and oxygen atoms in total. The van der Waals surface area contributed by atoms with E-state index in [9.17, 15) is 22.0 Å². The Morgan fingerprint density at radius 3 is 2.37 bits per heavy atom. The Hall–Kier alpha value is -2.46. The summed E-state index contributed by atoms with van der Waals surface area (Å²) in [6.07, 6.45) is 0.904. The molecule has 2 heterocycles. The second-order valence-corrected chi connectivity index (χ2v) is 6.44. The molecular weight excluding hydrogens is 419 g/mol. The summed E-state index contributed by atoms with van der Waals surface area (Å²) in [6.45, 7) is 1.82. The van der Waals surface area contributed by atoms with Gasteiger partial charge in [0.25, 0.3) is 0 Å². The summed E-state index contributed by atoms with van der Waals surface area (Å²) in [5.41, 5.74) is -3.35. The van der Waals surface area contributed by atoms with Crippen LogP contribution in [0.15, 0.2) is 60.4 Å². The highest BCUT2D eigenvalue weighted by molar-refractivity contribution is 5.49. The molecule has 1 fully saturated rings. The molecule has 0 aliphatic carbocycles. The van der Waals surface area contributed by atoms with Crippen molar-refractivity contribution < 1.29 is 40.2 Å². The fourth-order valence-electron chi connectivity index (χ4n) is 2.54. The minimum atomic E-state index is -4.44. The molecule has 30 heavy (non-hydrogen) atoms. The zero-order valence-electron chi connectivity index (χ0n) is 15.8. The van der Waals surface area contributed by atoms with Crippen LogP contribution in [0.4, 0.5) is 30.7 Å². The van der Waals surface area contributed by atoms with E-state index in [2.05, 4.69) is 16.3 Å². The zero-order chi connectivity index (χ0) is 22.6. The standard InChI is InChI=1S/C20H18F7NO2/c1-13(21)5-7-16(14(2)22)18(11-30-18)20(26,27)17-8-6-15(10-28-17)4-3-9-29-12-19(23,24)25/h3-8,10H,2,9,11-12H2,1H3/b4-3+,13-5+,16-7+. The number of nitrogens with zero attached hydrogens (tertiary/aromatic N) is 1. The lowest BCUT2D eigenvalue weighted by Crippen LogP contribution is -2.37. The first-order valence-corrected chi connectivity index (χ1v) is 8.58. The largest absolute Gasteiger partial charge is 0.411 e. The van der Waals surface area contributed by atoms with Gasteiger partial charge in [-0.1, -0.05) is 30.9 Å². The van der Waals surface area contributed by atoms with Gasteiger partial charge in [-0.3, -0.25) is 4.98 Å². The zero-order valence-corrected chi connectivity index (χ0v) is 15.8. The van der Waals surface area contributed by atoms with Gasteiger partial charge in [-0.25, -0.2) is 8.78 Å². The van der Waals surface area contributed by atoms with E-state index in [-0.39, 0.29) is 6.61 Å². The van der Waals surface area contributed by atoms with Crippen LogP contribution in [0.2, 0.25) is 0 Å². The van der Waals surface area contributed by atoms with Crippen LogP contribution in [0, 0.1) is 0 Å². The van der Waals surface area contributed by atoms with Gasteiger partial charge in [0.05, 0.1) is 19.0 Å². The summed E-state index contributed by atoms with van der Waals surface area (Å²) >= 11 is 0. The lowest BCUT2D eigenvalue weighted by Gasteiger charge is -2.25. The molecule has 0 N–H and O–H groups in total. The molecule has 0 aromatic carbocycles. The maximum Gasteiger partial charge on any atom is 0.411 e. The first-order valence-electron chi connectivity index (χ1n) is 8.58. The molecule has 1 atom stereocenters. The van der Waals surface area contributed by atoms with Crippen molar-refractivity contribution >= 4 is 6.08 Å². The lowest BCUT2D eigenvalue weighted by molar-refractivity contribution is -0.171. The maximum absolute atomic E-state index is 15.0. The van der Waals surface area contributed by atoms with Gasteiger partial charge in [0.1, 0.15) is 18.1 Å². The summed E-state index contributed by atoms with van der Waals surface area (Å²) in [5, 5.41) is 0. The predicted octanol–water partition coefficient (Wildman–Crippen LogP) is 5.82. The second-order valence-electron chi connectivity index (χ2n) is 6.44. The molecule has 1 aliphatic rings. The van der Waals surface area contributed by atoms with Gasteiger partial charge in [-0.2, -0.15) is 22.0 Å². The van der Waals surface area contributed by atoms with E-state index in [0.717, 1.165) is 31.3 Å². The third-order valence-corrected chi connectivity index (χ3v) is 4.05. The van der Waals surface area contributed by atoms with E-state index in [1.165, 1.54) is 18.2 Å². The van der Waals surface area contributed by atoms with Crippen LogP contribution in [0.25, 0.3) is 6.08 Å². The number of hydrogen-bond acceptors (Lipinski definition) is 3. The minimum absolute atomic E-state index is 0.331. The van der Waals surface area contributed by atoms with Crippen molar-refractivity contribution in [3.63, 3.8) is 0 Å². The summed E-state index contributed by atoms with van der Waals surface area (Å²) < 4.78 is 102. The van der Waals surface area contributed by atoms with Gasteiger partial charge in [-0.15, -0.1) is 0 Å². The van der Waals surface area contributed by atoms with E-state index in [1.807, 2.05) is 0 Å². The third kappa shape index (κ3) is 5.79. The van der Waals surface area contributed by atoms with Crippen LogP contribution in [0.5, 0.6) is 0 Å². The van der Waals surface area contributed by atoms with Crippen LogP contribution in [0.3, 0.4) is 0 Å². The summed E-state index contributed by atoms with van der Waals surface area (Å²) in [7, 11) is 0. The summed E-state index contributed by atoms with van der Waals surface area (Å²) in [4.78, 5) is 3.66. The smallest absolute Gasteiger partial charge is 0.368 e. The summed E-state index contributed by atoms with van der Waals surface area (Å²) in [6, 6.07) is 2.24. The Bertz CT molecular complexity index is 847. The summed E-state index contributed by atoms with van der Waals surface area (Å²) in [5.74, 6) is -5.67. The van der Waals surface area contributed by atoms with Crippen LogP contribution >= 0.6 is 0 Å². The van der Waals surface area contributed by atoms with Crippen molar-refractivity contribution in [2.75, 3.05) is 19.8 Å². The molecule has 0 radical (unpaired) electrons. The molecule has 164 valence electrons. The van der Waals surface area contributed by atoms with Crippen LogP contribution in [-0.4, -0.2) is 36.6 Å². The molecule has 1 aliphatic heterocycles. The molecule has 1 aromatic heterocycles. The maximum atomic E-state index is 15.0. The Balaban J connectivity index is 2.15. The number of aromatic nitrogens is 1. The SMILES string of the molecule is C=C(F)/C(=C\C=C(/C)F)C1(C(F)(F)c2ccc(/C=C/COCC(F)(F)F)cn2)CO1. The van der Waals surface area contributed by atoms with Crippen molar-refractivity contribution in [2.45, 2.75) is 24.6 Å². The number of epoxide rings is 1. The number of alkyl halides is 5. The van der Waals surface area contributed by atoms with Crippen LogP contribution in [-0.2, 0) is 15.4 Å². The van der Waals surface area contributed by atoms with Crippen molar-refractivity contribution in [1.82, 2.24) is 4.98 Å². The van der Waals surface area contributed by atoms with Gasteiger partial charge >= 0.3 is 12.1 Å². The lowest BCUT2D eigenvalue weighted by atomic mass is 9.89. The van der Waals surface area contributed by atoms with Crippen molar-refractivity contribution in [2.24, 2.45) is 0 Å². The van der Waals surface area contributed by atoms with Gasteiger partial charge < -0.3 is 9.47 Å². The molecule has 1 aromatic rings. The molecule has 0 amide bonds. The fraction of sp³-hybridized carbons (Fsp3) is 0.350. The average Bonchev–Trinajstić information content (AvgIpc) is 3.43. The highest BCUT2D eigenvalue weighted by Crippen LogP contribution is 2.54. The molecule has 0 saturated carbocycles. The molecule has 0 bridgehead atoms. The van der Waals surface area contributed by atoms with Gasteiger partial charge in [0.15, 0.2) is 5.60 Å². The van der Waals surface area contributed by atoms with E-state index >= 15 is 8.78 Å². The number of ether oxygens (including phenoxy) is 2. The molecular formula is C20H18F7NO2. The molecule has 10 heteroatoms.